The quantitative estimate of drug-likeness (QED) is 0.801. The van der Waals surface area contributed by atoms with E-state index >= 15 is 0 Å². The number of fused-ring (bicyclic) bond motifs is 1. The summed E-state index contributed by atoms with van der Waals surface area (Å²) < 4.78 is 5.33. The summed E-state index contributed by atoms with van der Waals surface area (Å²) in [5, 5.41) is 2.95. The first-order valence-corrected chi connectivity index (χ1v) is 11.1. The van der Waals surface area contributed by atoms with Crippen LogP contribution in [0.15, 0.2) is 47.1 Å². The van der Waals surface area contributed by atoms with Gasteiger partial charge in [0.2, 0.25) is 11.8 Å². The van der Waals surface area contributed by atoms with Crippen molar-refractivity contribution in [3.05, 3.63) is 59.5 Å². The highest BCUT2D eigenvalue weighted by atomic mass is 16.3. The Labute approximate surface area is 182 Å². The fourth-order valence-corrected chi connectivity index (χ4v) is 4.49. The van der Waals surface area contributed by atoms with Crippen LogP contribution < -0.4 is 5.32 Å². The molecule has 0 spiro atoms. The monoisotopic (exact) mass is 423 g/mol. The summed E-state index contributed by atoms with van der Waals surface area (Å²) in [7, 11) is 0. The van der Waals surface area contributed by atoms with Gasteiger partial charge in [0, 0.05) is 32.6 Å². The van der Waals surface area contributed by atoms with Crippen molar-refractivity contribution < 1.29 is 18.8 Å². The maximum Gasteiger partial charge on any atom is 0.290 e. The number of nitrogens with one attached hydrogen (secondary N) is 1. The third-order valence-corrected chi connectivity index (χ3v) is 6.18. The maximum atomic E-state index is 13.6. The summed E-state index contributed by atoms with van der Waals surface area (Å²) in [6.45, 7) is 4.03. The lowest BCUT2D eigenvalue weighted by Crippen LogP contribution is -2.56. The summed E-state index contributed by atoms with van der Waals surface area (Å²) in [6.07, 6.45) is 4.37. The first kappa shape index (κ1) is 21.2. The van der Waals surface area contributed by atoms with Crippen molar-refractivity contribution in [1.82, 2.24) is 15.1 Å². The number of carbonyl (C=O) groups is 3. The molecule has 1 saturated heterocycles. The lowest BCUT2D eigenvalue weighted by Gasteiger charge is -2.40. The van der Waals surface area contributed by atoms with Gasteiger partial charge in [0.25, 0.3) is 5.91 Å². The second kappa shape index (κ2) is 9.37. The average molecular weight is 424 g/mol. The average Bonchev–Trinajstić information content (AvgIpc) is 3.36. The molecule has 7 heteroatoms. The molecule has 0 aliphatic carbocycles. The van der Waals surface area contributed by atoms with Crippen LogP contribution in [0.25, 0.3) is 0 Å². The van der Waals surface area contributed by atoms with E-state index in [1.165, 1.54) is 6.26 Å². The molecule has 7 nitrogen and oxygen atoms in total. The van der Waals surface area contributed by atoms with Crippen molar-refractivity contribution in [1.29, 1.82) is 0 Å². The van der Waals surface area contributed by atoms with Crippen LogP contribution in [0.4, 0.5) is 0 Å². The number of hydrogen-bond donors (Lipinski definition) is 1. The third kappa shape index (κ3) is 4.50. The fourth-order valence-electron chi connectivity index (χ4n) is 4.49. The van der Waals surface area contributed by atoms with Gasteiger partial charge in [-0.3, -0.25) is 14.4 Å². The molecule has 0 bridgehead atoms. The summed E-state index contributed by atoms with van der Waals surface area (Å²) in [5.41, 5.74) is 2.13. The molecule has 3 heterocycles. The van der Waals surface area contributed by atoms with Gasteiger partial charge >= 0.3 is 0 Å². The van der Waals surface area contributed by atoms with Gasteiger partial charge in [0.05, 0.1) is 12.2 Å². The van der Waals surface area contributed by atoms with Crippen LogP contribution in [0.2, 0.25) is 0 Å². The highest BCUT2D eigenvalue weighted by Gasteiger charge is 2.39. The Balaban J connectivity index is 1.55. The van der Waals surface area contributed by atoms with Gasteiger partial charge in [-0.1, -0.05) is 31.2 Å². The molecule has 0 radical (unpaired) electrons. The smallest absolute Gasteiger partial charge is 0.290 e. The zero-order chi connectivity index (χ0) is 21.8. The maximum absolute atomic E-state index is 13.6. The van der Waals surface area contributed by atoms with Crippen LogP contribution in [0.3, 0.4) is 0 Å². The van der Waals surface area contributed by atoms with Crippen molar-refractivity contribution >= 4 is 17.7 Å². The van der Waals surface area contributed by atoms with E-state index in [0.717, 1.165) is 30.4 Å². The molecule has 1 fully saturated rings. The standard InChI is InChI=1S/C24H29N3O4/c1-2-11-25-22(28)19-9-5-12-26(15-19)23(29)20-14-17-7-3-4-8-18(17)16-27(20)24(30)21-10-6-13-31-21/h3-4,6-8,10,13,19-20H,2,5,9,11-12,14-16H2,1H3,(H,25,28). The van der Waals surface area contributed by atoms with E-state index in [1.807, 2.05) is 31.2 Å². The molecule has 1 aromatic carbocycles. The van der Waals surface area contributed by atoms with E-state index in [9.17, 15) is 14.4 Å². The molecule has 2 aliphatic heterocycles. The van der Waals surface area contributed by atoms with E-state index in [-0.39, 0.29) is 29.4 Å². The Hall–Kier alpha value is -3.09. The highest BCUT2D eigenvalue weighted by Crippen LogP contribution is 2.28. The van der Waals surface area contributed by atoms with E-state index < -0.39 is 6.04 Å². The summed E-state index contributed by atoms with van der Waals surface area (Å²) in [6, 6.07) is 10.6. The zero-order valence-electron chi connectivity index (χ0n) is 17.9. The van der Waals surface area contributed by atoms with Gasteiger partial charge in [-0.25, -0.2) is 0 Å². The molecule has 31 heavy (non-hydrogen) atoms. The minimum atomic E-state index is -0.607. The van der Waals surface area contributed by atoms with Crippen molar-refractivity contribution in [2.75, 3.05) is 19.6 Å². The Morgan fingerprint density at radius 3 is 2.68 bits per heavy atom. The fraction of sp³-hybridized carbons (Fsp3) is 0.458. The molecule has 1 aromatic heterocycles. The number of carbonyl (C=O) groups excluding carboxylic acids is 3. The Bertz CT molecular complexity index is 940. The summed E-state index contributed by atoms with van der Waals surface area (Å²) in [5.74, 6) is -0.339. The number of piperidine rings is 1. The van der Waals surface area contributed by atoms with E-state index in [2.05, 4.69) is 5.32 Å². The predicted octanol–water partition coefficient (Wildman–Crippen LogP) is 2.61. The van der Waals surface area contributed by atoms with Gasteiger partial charge in [0.15, 0.2) is 5.76 Å². The highest BCUT2D eigenvalue weighted by molar-refractivity contribution is 5.96. The van der Waals surface area contributed by atoms with Crippen LogP contribution >= 0.6 is 0 Å². The largest absolute Gasteiger partial charge is 0.459 e. The molecule has 4 rings (SSSR count). The van der Waals surface area contributed by atoms with E-state index in [4.69, 9.17) is 4.42 Å². The minimum absolute atomic E-state index is 0.0110. The first-order valence-electron chi connectivity index (χ1n) is 11.1. The lowest BCUT2D eigenvalue weighted by atomic mass is 9.91. The molecule has 164 valence electrons. The van der Waals surface area contributed by atoms with Crippen LogP contribution in [0, 0.1) is 5.92 Å². The second-order valence-corrected chi connectivity index (χ2v) is 8.31. The Morgan fingerprint density at radius 2 is 1.94 bits per heavy atom. The SMILES string of the molecule is CCCNC(=O)C1CCCN(C(=O)C2Cc3ccccc3CN2C(=O)c2ccco2)C1. The summed E-state index contributed by atoms with van der Waals surface area (Å²) in [4.78, 5) is 42.6. The van der Waals surface area contributed by atoms with Gasteiger partial charge in [-0.15, -0.1) is 0 Å². The van der Waals surface area contributed by atoms with Crippen LogP contribution in [0.5, 0.6) is 0 Å². The van der Waals surface area contributed by atoms with E-state index in [0.29, 0.717) is 32.6 Å². The molecule has 2 aliphatic rings. The van der Waals surface area contributed by atoms with Crippen molar-refractivity contribution in [2.45, 2.75) is 45.2 Å². The number of amides is 3. The Morgan fingerprint density at radius 1 is 1.13 bits per heavy atom. The van der Waals surface area contributed by atoms with Gasteiger partial charge in [-0.05, 0) is 42.5 Å². The normalized spacial score (nSPS) is 20.8. The van der Waals surface area contributed by atoms with Crippen molar-refractivity contribution in [2.24, 2.45) is 5.92 Å². The molecular weight excluding hydrogens is 394 g/mol. The number of nitrogens with zero attached hydrogens (tertiary/aromatic N) is 2. The van der Waals surface area contributed by atoms with E-state index in [1.54, 1.807) is 21.9 Å². The number of hydrogen-bond acceptors (Lipinski definition) is 4. The molecule has 0 saturated carbocycles. The minimum Gasteiger partial charge on any atom is -0.459 e. The molecular formula is C24H29N3O4. The molecule has 2 aromatic rings. The Kier molecular flexibility index (Phi) is 6.39. The van der Waals surface area contributed by atoms with Crippen LogP contribution in [-0.2, 0) is 22.6 Å². The van der Waals surface area contributed by atoms with Gasteiger partial charge in [-0.2, -0.15) is 0 Å². The molecule has 2 unspecified atom stereocenters. The topological polar surface area (TPSA) is 82.9 Å². The number of benzene rings is 1. The van der Waals surface area contributed by atoms with Crippen LogP contribution in [0.1, 0.15) is 47.9 Å². The van der Waals surface area contributed by atoms with Gasteiger partial charge < -0.3 is 19.5 Å². The number of likely N-dealkylation sites (tertiary alicyclic amines) is 1. The lowest BCUT2D eigenvalue weighted by molar-refractivity contribution is -0.140. The third-order valence-electron chi connectivity index (χ3n) is 6.18. The van der Waals surface area contributed by atoms with Crippen LogP contribution in [-0.4, -0.2) is 53.2 Å². The van der Waals surface area contributed by atoms with Crippen molar-refractivity contribution in [3.63, 3.8) is 0 Å². The number of furan rings is 1. The molecule has 2 atom stereocenters. The van der Waals surface area contributed by atoms with Crippen molar-refractivity contribution in [3.8, 4) is 0 Å². The molecule has 1 N–H and O–H groups in total. The second-order valence-electron chi connectivity index (χ2n) is 8.31. The predicted molar refractivity (Wildman–Crippen MR) is 115 cm³/mol. The first-order chi connectivity index (χ1) is 15.1. The van der Waals surface area contributed by atoms with Gasteiger partial charge in [0.1, 0.15) is 6.04 Å². The number of rotatable bonds is 5. The molecule has 3 amide bonds. The zero-order valence-corrected chi connectivity index (χ0v) is 17.9. The summed E-state index contributed by atoms with van der Waals surface area (Å²) >= 11 is 0.